The van der Waals surface area contributed by atoms with E-state index in [9.17, 15) is 0 Å². The topological polar surface area (TPSA) is 12.4 Å². The first kappa shape index (κ1) is 9.21. The van der Waals surface area contributed by atoms with Crippen molar-refractivity contribution in [1.29, 1.82) is 0 Å². The van der Waals surface area contributed by atoms with Gasteiger partial charge in [0, 0.05) is 11.6 Å². The average molecular weight is 169 g/mol. The predicted molar refractivity (Wildman–Crippen MR) is 35.1 cm³/mol. The minimum Gasteiger partial charge on any atom is -1.00 e. The minimum absolute atomic E-state index is 0. The molecule has 0 amide bonds. The monoisotopic (exact) mass is 168 g/mol. The summed E-state index contributed by atoms with van der Waals surface area (Å²) in [6.45, 7) is 1.92. The van der Waals surface area contributed by atoms with E-state index in [0.717, 1.165) is 22.9 Å². The molecule has 0 N–H and O–H groups in total. The summed E-state index contributed by atoms with van der Waals surface area (Å²) in [6, 6.07) is 0. The molecular weight excluding hydrogens is 159 g/mol. The zero-order chi connectivity index (χ0) is 6.20. The third-order valence-electron chi connectivity index (χ3n) is 1.40. The van der Waals surface area contributed by atoms with Crippen LogP contribution in [0.25, 0.3) is 0 Å². The van der Waals surface area contributed by atoms with Gasteiger partial charge >= 0.3 is 0 Å². The van der Waals surface area contributed by atoms with Crippen LogP contribution < -0.4 is 12.4 Å². The fourth-order valence-electron chi connectivity index (χ4n) is 0.676. The SMILES string of the molecule is C[N+]1(C)CCN=C1Cl.[Cl-]. The summed E-state index contributed by atoms with van der Waals surface area (Å²) in [6.07, 6.45) is 0. The van der Waals surface area contributed by atoms with E-state index in [2.05, 4.69) is 19.1 Å². The van der Waals surface area contributed by atoms with Crippen LogP contribution in [0.1, 0.15) is 0 Å². The Kier molecular flexibility index (Phi) is 2.93. The summed E-state index contributed by atoms with van der Waals surface area (Å²) in [5.41, 5.74) is 0. The van der Waals surface area contributed by atoms with Crippen LogP contribution in [0.3, 0.4) is 0 Å². The molecule has 0 aromatic heterocycles. The van der Waals surface area contributed by atoms with Crippen LogP contribution in [0.4, 0.5) is 0 Å². The van der Waals surface area contributed by atoms with E-state index in [-0.39, 0.29) is 12.4 Å². The van der Waals surface area contributed by atoms with Gasteiger partial charge in [-0.25, -0.2) is 4.99 Å². The molecule has 0 spiro atoms. The van der Waals surface area contributed by atoms with E-state index in [1.54, 1.807) is 0 Å². The lowest BCUT2D eigenvalue weighted by atomic mass is 10.6. The van der Waals surface area contributed by atoms with Crippen molar-refractivity contribution in [1.82, 2.24) is 0 Å². The Morgan fingerprint density at radius 2 is 2.11 bits per heavy atom. The summed E-state index contributed by atoms with van der Waals surface area (Å²) in [5.74, 6) is 0. The predicted octanol–water partition coefficient (Wildman–Crippen LogP) is -2.32. The third kappa shape index (κ3) is 1.81. The Bertz CT molecular complexity index is 131. The van der Waals surface area contributed by atoms with Gasteiger partial charge in [-0.3, -0.25) is 4.48 Å². The second-order valence-corrected chi connectivity index (χ2v) is 2.90. The Morgan fingerprint density at radius 3 is 2.22 bits per heavy atom. The molecule has 1 aliphatic heterocycles. The smallest absolute Gasteiger partial charge is 0.295 e. The highest BCUT2D eigenvalue weighted by atomic mass is 35.5. The second kappa shape index (κ2) is 2.86. The van der Waals surface area contributed by atoms with Crippen LogP contribution in [0.5, 0.6) is 0 Å². The maximum absolute atomic E-state index is 5.73. The molecular formula is C5H10Cl2N2. The molecule has 1 rings (SSSR count). The van der Waals surface area contributed by atoms with E-state index < -0.39 is 0 Å². The number of quaternary nitrogens is 1. The molecule has 0 atom stereocenters. The van der Waals surface area contributed by atoms with Gasteiger partial charge in [0.15, 0.2) is 0 Å². The third-order valence-corrected chi connectivity index (χ3v) is 1.98. The van der Waals surface area contributed by atoms with Crippen LogP contribution in [0.2, 0.25) is 0 Å². The molecule has 0 aromatic rings. The van der Waals surface area contributed by atoms with Gasteiger partial charge in [-0.05, 0) is 0 Å². The molecule has 1 aliphatic rings. The van der Waals surface area contributed by atoms with Crippen LogP contribution in [0.15, 0.2) is 4.99 Å². The lowest BCUT2D eigenvalue weighted by Gasteiger charge is -2.19. The van der Waals surface area contributed by atoms with Crippen LogP contribution >= 0.6 is 11.6 Å². The van der Waals surface area contributed by atoms with Crippen molar-refractivity contribution in [2.45, 2.75) is 0 Å². The van der Waals surface area contributed by atoms with E-state index in [4.69, 9.17) is 11.6 Å². The number of hydrogen-bond acceptors (Lipinski definition) is 1. The quantitative estimate of drug-likeness (QED) is 0.285. The number of amidine groups is 1. The summed E-state index contributed by atoms with van der Waals surface area (Å²) < 4.78 is 0.752. The zero-order valence-electron chi connectivity index (χ0n) is 5.56. The molecule has 0 radical (unpaired) electrons. The molecule has 0 fully saturated rings. The molecule has 0 saturated heterocycles. The second-order valence-electron chi connectivity index (χ2n) is 2.56. The summed E-state index contributed by atoms with van der Waals surface area (Å²) in [4.78, 5) is 4.04. The van der Waals surface area contributed by atoms with Gasteiger partial charge in [0.05, 0.1) is 20.6 Å². The van der Waals surface area contributed by atoms with Gasteiger partial charge in [-0.2, -0.15) is 0 Å². The minimum atomic E-state index is 0. The van der Waals surface area contributed by atoms with E-state index in [1.807, 2.05) is 0 Å². The molecule has 54 valence electrons. The summed E-state index contributed by atoms with van der Waals surface area (Å²) in [5, 5.41) is 0.727. The molecule has 0 saturated carbocycles. The van der Waals surface area contributed by atoms with Gasteiger partial charge in [-0.15, -0.1) is 0 Å². The largest absolute Gasteiger partial charge is 1.00 e. The van der Waals surface area contributed by atoms with Crippen molar-refractivity contribution in [3.05, 3.63) is 0 Å². The lowest BCUT2D eigenvalue weighted by Crippen LogP contribution is -3.00. The summed E-state index contributed by atoms with van der Waals surface area (Å²) >= 11 is 5.73. The Hall–Kier alpha value is 0.210. The first-order valence-electron chi connectivity index (χ1n) is 2.66. The molecule has 9 heavy (non-hydrogen) atoms. The van der Waals surface area contributed by atoms with E-state index >= 15 is 0 Å². The van der Waals surface area contributed by atoms with Crippen molar-refractivity contribution in [2.75, 3.05) is 27.2 Å². The number of aliphatic imine (C=N–C) groups is 1. The average Bonchev–Trinajstić information content (AvgIpc) is 1.86. The van der Waals surface area contributed by atoms with Crippen LogP contribution in [0, 0.1) is 0 Å². The normalized spacial score (nSPS) is 22.8. The highest BCUT2D eigenvalue weighted by Gasteiger charge is 2.26. The van der Waals surface area contributed by atoms with Crippen molar-refractivity contribution in [3.63, 3.8) is 0 Å². The maximum Gasteiger partial charge on any atom is 0.295 e. The molecule has 2 nitrogen and oxygen atoms in total. The van der Waals surface area contributed by atoms with Gasteiger partial charge < -0.3 is 12.4 Å². The zero-order valence-corrected chi connectivity index (χ0v) is 7.08. The number of nitrogens with zero attached hydrogens (tertiary/aromatic N) is 2. The van der Waals surface area contributed by atoms with E-state index in [1.165, 1.54) is 0 Å². The molecule has 1 heterocycles. The van der Waals surface area contributed by atoms with Gasteiger partial charge in [0.25, 0.3) is 5.29 Å². The summed E-state index contributed by atoms with van der Waals surface area (Å²) in [7, 11) is 4.11. The fraction of sp³-hybridized carbons (Fsp3) is 0.800. The van der Waals surface area contributed by atoms with Crippen molar-refractivity contribution in [2.24, 2.45) is 4.99 Å². The molecule has 4 heteroatoms. The maximum atomic E-state index is 5.73. The highest BCUT2D eigenvalue weighted by Crippen LogP contribution is 2.09. The van der Waals surface area contributed by atoms with Crippen molar-refractivity contribution in [3.8, 4) is 0 Å². The van der Waals surface area contributed by atoms with Crippen molar-refractivity contribution < 1.29 is 16.9 Å². The first-order chi connectivity index (χ1) is 3.63. The van der Waals surface area contributed by atoms with E-state index in [0.29, 0.717) is 0 Å². The van der Waals surface area contributed by atoms with Gasteiger partial charge in [0.2, 0.25) is 0 Å². The van der Waals surface area contributed by atoms with Crippen molar-refractivity contribution >= 4 is 16.9 Å². The highest BCUT2D eigenvalue weighted by molar-refractivity contribution is 6.62. The number of likely N-dealkylation sites (N-methyl/N-ethyl adjacent to an activating group) is 1. The Morgan fingerprint density at radius 1 is 1.56 bits per heavy atom. The first-order valence-corrected chi connectivity index (χ1v) is 3.04. The number of hydrogen-bond donors (Lipinski definition) is 0. The molecule has 0 bridgehead atoms. The Balaban J connectivity index is 0.000000640. The molecule has 0 aliphatic carbocycles. The Labute approximate surface area is 66.5 Å². The van der Waals surface area contributed by atoms with Crippen LogP contribution in [-0.2, 0) is 0 Å². The number of halogens is 2. The molecule has 0 unspecified atom stereocenters. The standard InChI is InChI=1S/C5H10ClN2.ClH/c1-8(2)4-3-7-5(8)6;/h3-4H2,1-2H3;1H/q+1;/p-1. The number of rotatable bonds is 0. The fourth-order valence-corrected chi connectivity index (χ4v) is 0.845. The van der Waals surface area contributed by atoms with Gasteiger partial charge in [-0.1, -0.05) is 0 Å². The van der Waals surface area contributed by atoms with Crippen LogP contribution in [-0.4, -0.2) is 37.0 Å². The lowest BCUT2D eigenvalue weighted by molar-refractivity contribution is -0.788. The van der Waals surface area contributed by atoms with Gasteiger partial charge in [0.1, 0.15) is 6.54 Å². The molecule has 0 aromatic carbocycles.